The molecule has 0 radical (unpaired) electrons. The van der Waals surface area contributed by atoms with Crippen LogP contribution in [0.1, 0.15) is 11.3 Å². The van der Waals surface area contributed by atoms with E-state index in [9.17, 15) is 4.79 Å². The topological polar surface area (TPSA) is 85.8 Å². The largest absolute Gasteiger partial charge is 0.467 e. The van der Waals surface area contributed by atoms with Crippen molar-refractivity contribution in [3.63, 3.8) is 0 Å². The van der Waals surface area contributed by atoms with Gasteiger partial charge >= 0.3 is 0 Å². The molecule has 3 heterocycles. The molecule has 0 saturated carbocycles. The van der Waals surface area contributed by atoms with Gasteiger partial charge in [0.1, 0.15) is 5.76 Å². The monoisotopic (exact) mass is 405 g/mol. The molecule has 3 aromatic heterocycles. The van der Waals surface area contributed by atoms with Gasteiger partial charge in [-0.05, 0) is 42.8 Å². The highest BCUT2D eigenvalue weighted by Gasteiger charge is 2.17. The Morgan fingerprint density at radius 1 is 1.14 bits per heavy atom. The van der Waals surface area contributed by atoms with Crippen molar-refractivity contribution in [2.75, 3.05) is 11.1 Å². The Labute approximate surface area is 172 Å². The summed E-state index contributed by atoms with van der Waals surface area (Å²) < 4.78 is 7.42. The summed E-state index contributed by atoms with van der Waals surface area (Å²) in [5.41, 5.74) is 2.68. The molecular weight excluding hydrogens is 386 g/mol. The van der Waals surface area contributed by atoms with Crippen LogP contribution in [-0.2, 0) is 11.3 Å². The molecule has 1 aromatic carbocycles. The first-order valence-corrected chi connectivity index (χ1v) is 10.0. The Balaban J connectivity index is 1.53. The predicted molar refractivity (Wildman–Crippen MR) is 112 cm³/mol. The van der Waals surface area contributed by atoms with E-state index >= 15 is 0 Å². The first-order chi connectivity index (χ1) is 14.2. The molecule has 1 amide bonds. The fourth-order valence-corrected chi connectivity index (χ4v) is 3.57. The minimum Gasteiger partial charge on any atom is -0.467 e. The molecule has 0 bridgehead atoms. The Kier molecular flexibility index (Phi) is 5.71. The highest BCUT2D eigenvalue weighted by Crippen LogP contribution is 2.25. The maximum Gasteiger partial charge on any atom is 0.234 e. The summed E-state index contributed by atoms with van der Waals surface area (Å²) in [6, 6.07) is 15.2. The smallest absolute Gasteiger partial charge is 0.234 e. The van der Waals surface area contributed by atoms with Crippen LogP contribution in [0, 0.1) is 6.92 Å². The summed E-state index contributed by atoms with van der Waals surface area (Å²) in [6.07, 6.45) is 5.08. The van der Waals surface area contributed by atoms with Crippen LogP contribution in [0.25, 0.3) is 11.4 Å². The second-order valence-electron chi connectivity index (χ2n) is 6.37. The minimum atomic E-state index is -0.0974. The van der Waals surface area contributed by atoms with Gasteiger partial charge in [-0.3, -0.25) is 14.3 Å². The van der Waals surface area contributed by atoms with Crippen molar-refractivity contribution in [2.45, 2.75) is 18.6 Å². The van der Waals surface area contributed by atoms with Gasteiger partial charge in [-0.1, -0.05) is 30.0 Å². The molecule has 29 heavy (non-hydrogen) atoms. The van der Waals surface area contributed by atoms with Crippen molar-refractivity contribution in [1.29, 1.82) is 0 Å². The number of carbonyl (C=O) groups is 1. The molecule has 146 valence electrons. The minimum absolute atomic E-state index is 0.0974. The van der Waals surface area contributed by atoms with E-state index in [0.717, 1.165) is 22.6 Å². The molecule has 8 heteroatoms. The van der Waals surface area contributed by atoms with E-state index in [1.807, 2.05) is 60.0 Å². The van der Waals surface area contributed by atoms with Crippen LogP contribution in [0.5, 0.6) is 0 Å². The lowest BCUT2D eigenvalue weighted by molar-refractivity contribution is -0.113. The summed E-state index contributed by atoms with van der Waals surface area (Å²) >= 11 is 1.33. The Morgan fingerprint density at radius 3 is 2.79 bits per heavy atom. The number of hydrogen-bond acceptors (Lipinski definition) is 6. The quantitative estimate of drug-likeness (QED) is 0.468. The van der Waals surface area contributed by atoms with Gasteiger partial charge in [-0.25, -0.2) is 0 Å². The van der Waals surface area contributed by atoms with Gasteiger partial charge in [0, 0.05) is 23.6 Å². The van der Waals surface area contributed by atoms with E-state index < -0.39 is 0 Å². The van der Waals surface area contributed by atoms with E-state index in [0.29, 0.717) is 17.5 Å². The standard InChI is InChI=1S/C21H19N5O2S/c1-15-6-2-3-9-18(15)23-19(27)14-29-21-25-24-20(16-7-4-10-22-12-16)26(21)13-17-8-5-11-28-17/h2-12H,13-14H2,1H3,(H,23,27). The van der Waals surface area contributed by atoms with Crippen molar-refractivity contribution in [1.82, 2.24) is 19.7 Å². The lowest BCUT2D eigenvalue weighted by Gasteiger charge is -2.10. The molecule has 0 aliphatic heterocycles. The summed E-state index contributed by atoms with van der Waals surface area (Å²) in [6.45, 7) is 2.43. The SMILES string of the molecule is Cc1ccccc1NC(=O)CSc1nnc(-c2cccnc2)n1Cc1ccco1. The van der Waals surface area contributed by atoms with E-state index in [1.165, 1.54) is 11.8 Å². The average Bonchev–Trinajstić information content (AvgIpc) is 3.39. The predicted octanol–water partition coefficient (Wildman–Crippen LogP) is 4.02. The van der Waals surface area contributed by atoms with Gasteiger partial charge in [0.25, 0.3) is 0 Å². The highest BCUT2D eigenvalue weighted by molar-refractivity contribution is 7.99. The normalized spacial score (nSPS) is 10.8. The summed E-state index contributed by atoms with van der Waals surface area (Å²) in [5.74, 6) is 1.58. The van der Waals surface area contributed by atoms with Crippen LogP contribution in [-0.4, -0.2) is 31.4 Å². The number of aryl methyl sites for hydroxylation is 1. The number of rotatable bonds is 7. The van der Waals surface area contributed by atoms with E-state index in [-0.39, 0.29) is 11.7 Å². The molecule has 1 N–H and O–H groups in total. The third kappa shape index (κ3) is 4.55. The molecule has 0 fully saturated rings. The van der Waals surface area contributed by atoms with Crippen molar-refractivity contribution >= 4 is 23.4 Å². The zero-order chi connectivity index (χ0) is 20.1. The second kappa shape index (κ2) is 8.74. The number of anilines is 1. The van der Waals surface area contributed by atoms with Crippen LogP contribution in [0.3, 0.4) is 0 Å². The number of hydrogen-bond donors (Lipinski definition) is 1. The Morgan fingerprint density at radius 2 is 2.03 bits per heavy atom. The summed E-state index contributed by atoms with van der Waals surface area (Å²) in [5, 5.41) is 12.2. The van der Waals surface area contributed by atoms with Crippen LogP contribution in [0.2, 0.25) is 0 Å². The first kappa shape index (κ1) is 18.9. The zero-order valence-corrected chi connectivity index (χ0v) is 16.6. The van der Waals surface area contributed by atoms with Crippen LogP contribution >= 0.6 is 11.8 Å². The van der Waals surface area contributed by atoms with Crippen LogP contribution < -0.4 is 5.32 Å². The number of amides is 1. The number of carbonyl (C=O) groups excluding carboxylic acids is 1. The fraction of sp³-hybridized carbons (Fsp3) is 0.143. The van der Waals surface area contributed by atoms with E-state index in [1.54, 1.807) is 18.7 Å². The van der Waals surface area contributed by atoms with Crippen molar-refractivity contribution in [3.05, 3.63) is 78.5 Å². The number of para-hydroxylation sites is 1. The van der Waals surface area contributed by atoms with E-state index in [2.05, 4.69) is 20.5 Å². The van der Waals surface area contributed by atoms with Gasteiger partial charge in [0.05, 0.1) is 18.6 Å². The molecule has 0 atom stereocenters. The number of aromatic nitrogens is 4. The molecule has 0 unspecified atom stereocenters. The highest BCUT2D eigenvalue weighted by atomic mass is 32.2. The molecule has 0 spiro atoms. The average molecular weight is 405 g/mol. The molecule has 0 aliphatic carbocycles. The number of furan rings is 1. The van der Waals surface area contributed by atoms with Crippen LogP contribution in [0.4, 0.5) is 5.69 Å². The summed E-state index contributed by atoms with van der Waals surface area (Å²) in [7, 11) is 0. The number of nitrogens with zero attached hydrogens (tertiary/aromatic N) is 4. The molecule has 4 rings (SSSR count). The van der Waals surface area contributed by atoms with Crippen molar-refractivity contribution in [2.24, 2.45) is 0 Å². The van der Waals surface area contributed by atoms with Crippen LogP contribution in [0.15, 0.2) is 76.8 Å². The van der Waals surface area contributed by atoms with Gasteiger partial charge < -0.3 is 9.73 Å². The van der Waals surface area contributed by atoms with Crippen molar-refractivity contribution < 1.29 is 9.21 Å². The number of nitrogens with one attached hydrogen (secondary N) is 1. The molecule has 4 aromatic rings. The maximum atomic E-state index is 12.4. The number of pyridine rings is 1. The molecular formula is C21H19N5O2S. The molecule has 7 nitrogen and oxygen atoms in total. The lowest BCUT2D eigenvalue weighted by atomic mass is 10.2. The maximum absolute atomic E-state index is 12.4. The number of benzene rings is 1. The van der Waals surface area contributed by atoms with Gasteiger partial charge in [-0.15, -0.1) is 10.2 Å². The third-order valence-electron chi connectivity index (χ3n) is 4.28. The second-order valence-corrected chi connectivity index (χ2v) is 7.31. The van der Waals surface area contributed by atoms with Gasteiger partial charge in [0.15, 0.2) is 11.0 Å². The number of thioether (sulfide) groups is 1. The Bertz CT molecular complexity index is 1090. The van der Waals surface area contributed by atoms with Crippen molar-refractivity contribution in [3.8, 4) is 11.4 Å². The van der Waals surface area contributed by atoms with E-state index in [4.69, 9.17) is 4.42 Å². The first-order valence-electron chi connectivity index (χ1n) is 9.05. The Hall–Kier alpha value is -3.39. The molecule has 0 saturated heterocycles. The molecule has 0 aliphatic rings. The van der Waals surface area contributed by atoms with Gasteiger partial charge in [0.2, 0.25) is 5.91 Å². The zero-order valence-electron chi connectivity index (χ0n) is 15.8. The lowest BCUT2D eigenvalue weighted by Crippen LogP contribution is -2.15. The summed E-state index contributed by atoms with van der Waals surface area (Å²) in [4.78, 5) is 16.6. The third-order valence-corrected chi connectivity index (χ3v) is 5.25. The van der Waals surface area contributed by atoms with Gasteiger partial charge in [-0.2, -0.15) is 0 Å². The fourth-order valence-electron chi connectivity index (χ4n) is 2.83.